The van der Waals surface area contributed by atoms with E-state index in [2.05, 4.69) is 5.32 Å². The summed E-state index contributed by atoms with van der Waals surface area (Å²) in [6.45, 7) is 4.84. The number of hydrogen-bond acceptors (Lipinski definition) is 6. The number of benzene rings is 2. The number of aromatic carboxylic acids is 1. The van der Waals surface area contributed by atoms with Crippen LogP contribution in [0.2, 0.25) is 0 Å². The van der Waals surface area contributed by atoms with E-state index in [4.69, 9.17) is 9.47 Å². The lowest BCUT2D eigenvalue weighted by molar-refractivity contribution is 0.0600. The van der Waals surface area contributed by atoms with Crippen LogP contribution in [0.1, 0.15) is 50.5 Å². The first-order valence-electron chi connectivity index (χ1n) is 10.4. The molecule has 1 aliphatic rings. The van der Waals surface area contributed by atoms with Crippen LogP contribution >= 0.6 is 11.3 Å². The number of fused-ring (bicyclic) bond motifs is 3. The molecule has 1 aliphatic heterocycles. The standard InChI is InChI=1S/C25H23NO6S/c1-13(2)9-26-23(27)14-4-5-16(20(6-14)25(30)31-3)17-8-22-18(7-19(17)24(28)29)21-12-33-11-15(21)10-32-22/h4-8,11-13H,9-10H2,1-3H3,(H,26,27)(H,28,29). The van der Waals surface area contributed by atoms with Gasteiger partial charge in [-0.2, -0.15) is 11.3 Å². The molecule has 0 radical (unpaired) electrons. The molecular weight excluding hydrogens is 442 g/mol. The summed E-state index contributed by atoms with van der Waals surface area (Å²) in [7, 11) is 1.24. The van der Waals surface area contributed by atoms with E-state index in [1.807, 2.05) is 24.6 Å². The Bertz CT molecular complexity index is 1260. The molecule has 7 nitrogen and oxygen atoms in total. The summed E-state index contributed by atoms with van der Waals surface area (Å²) in [5.41, 5.74) is 3.72. The van der Waals surface area contributed by atoms with Crippen LogP contribution in [-0.2, 0) is 11.3 Å². The smallest absolute Gasteiger partial charge is 0.338 e. The Kier molecular flexibility index (Phi) is 6.20. The molecule has 2 heterocycles. The second kappa shape index (κ2) is 9.07. The van der Waals surface area contributed by atoms with Crippen molar-refractivity contribution in [3.05, 3.63) is 63.3 Å². The zero-order valence-corrected chi connectivity index (χ0v) is 19.2. The SMILES string of the molecule is COC(=O)c1cc(C(=O)NCC(C)C)ccc1-c1cc2c(cc1C(=O)O)-c1cscc1CO2. The highest BCUT2D eigenvalue weighted by atomic mass is 32.1. The molecule has 4 rings (SSSR count). The molecule has 2 N–H and O–H groups in total. The van der Waals surface area contributed by atoms with Crippen molar-refractivity contribution < 1.29 is 29.0 Å². The van der Waals surface area contributed by atoms with Gasteiger partial charge in [0.15, 0.2) is 0 Å². The lowest BCUT2D eigenvalue weighted by Crippen LogP contribution is -2.27. The molecule has 0 aliphatic carbocycles. The van der Waals surface area contributed by atoms with Gasteiger partial charge in [-0.05, 0) is 46.5 Å². The number of carbonyl (C=O) groups is 3. The van der Waals surface area contributed by atoms with E-state index in [9.17, 15) is 19.5 Å². The normalized spacial score (nSPS) is 11.9. The Morgan fingerprint density at radius 3 is 2.55 bits per heavy atom. The molecule has 170 valence electrons. The number of rotatable bonds is 6. The molecule has 0 fully saturated rings. The van der Waals surface area contributed by atoms with Crippen LogP contribution in [0, 0.1) is 5.92 Å². The lowest BCUT2D eigenvalue weighted by Gasteiger charge is -2.21. The summed E-state index contributed by atoms with van der Waals surface area (Å²) in [5, 5.41) is 16.7. The predicted molar refractivity (Wildman–Crippen MR) is 125 cm³/mol. The number of carboxylic acids is 1. The van der Waals surface area contributed by atoms with Gasteiger partial charge in [-0.15, -0.1) is 0 Å². The third-order valence-corrected chi connectivity index (χ3v) is 6.21. The van der Waals surface area contributed by atoms with Crippen LogP contribution in [0.25, 0.3) is 22.3 Å². The van der Waals surface area contributed by atoms with Crippen molar-refractivity contribution in [1.29, 1.82) is 0 Å². The van der Waals surface area contributed by atoms with Gasteiger partial charge in [0, 0.05) is 34.4 Å². The van der Waals surface area contributed by atoms with E-state index >= 15 is 0 Å². The molecule has 0 spiro atoms. The monoisotopic (exact) mass is 465 g/mol. The Labute approximate surface area is 195 Å². The molecule has 0 saturated heterocycles. The van der Waals surface area contributed by atoms with Gasteiger partial charge in [0.1, 0.15) is 12.4 Å². The molecule has 2 aromatic carbocycles. The van der Waals surface area contributed by atoms with Gasteiger partial charge in [0.2, 0.25) is 0 Å². The van der Waals surface area contributed by atoms with Crippen LogP contribution in [-0.4, -0.2) is 36.6 Å². The minimum Gasteiger partial charge on any atom is -0.488 e. The zero-order chi connectivity index (χ0) is 23.7. The minimum absolute atomic E-state index is 0.0264. The van der Waals surface area contributed by atoms with Crippen LogP contribution < -0.4 is 10.1 Å². The summed E-state index contributed by atoms with van der Waals surface area (Å²) in [6, 6.07) is 7.78. The van der Waals surface area contributed by atoms with Crippen LogP contribution in [0.15, 0.2) is 41.1 Å². The Balaban J connectivity index is 1.85. The Hall–Kier alpha value is -3.65. The highest BCUT2D eigenvalue weighted by molar-refractivity contribution is 7.08. The summed E-state index contributed by atoms with van der Waals surface area (Å²) in [6.07, 6.45) is 0. The largest absolute Gasteiger partial charge is 0.488 e. The molecule has 1 amide bonds. The summed E-state index contributed by atoms with van der Waals surface area (Å²) >= 11 is 1.53. The van der Waals surface area contributed by atoms with Crippen molar-refractivity contribution in [2.24, 2.45) is 5.92 Å². The molecule has 1 aromatic heterocycles. The number of thiophene rings is 1. The van der Waals surface area contributed by atoms with E-state index in [1.165, 1.54) is 24.5 Å². The van der Waals surface area contributed by atoms with Crippen LogP contribution in [0.4, 0.5) is 0 Å². The number of methoxy groups -OCH3 is 1. The van der Waals surface area contributed by atoms with Gasteiger partial charge < -0.3 is 19.9 Å². The number of ether oxygens (including phenoxy) is 2. The highest BCUT2D eigenvalue weighted by Gasteiger charge is 2.26. The summed E-state index contributed by atoms with van der Waals surface area (Å²) in [4.78, 5) is 37.3. The molecule has 0 unspecified atom stereocenters. The zero-order valence-electron chi connectivity index (χ0n) is 18.4. The molecule has 8 heteroatoms. The first kappa shape index (κ1) is 22.5. The molecule has 0 bridgehead atoms. The lowest BCUT2D eigenvalue weighted by atomic mass is 9.90. The fraction of sp³-hybridized carbons (Fsp3) is 0.240. The van der Waals surface area contributed by atoms with E-state index in [0.717, 1.165) is 11.1 Å². The Morgan fingerprint density at radius 1 is 1.06 bits per heavy atom. The topological polar surface area (TPSA) is 102 Å². The maximum Gasteiger partial charge on any atom is 0.338 e. The van der Waals surface area contributed by atoms with Crippen molar-refractivity contribution in [3.63, 3.8) is 0 Å². The second-order valence-electron chi connectivity index (χ2n) is 8.15. The highest BCUT2D eigenvalue weighted by Crippen LogP contribution is 2.43. The van der Waals surface area contributed by atoms with Crippen LogP contribution in [0.3, 0.4) is 0 Å². The van der Waals surface area contributed by atoms with Gasteiger partial charge in [0.05, 0.1) is 18.2 Å². The number of esters is 1. The van der Waals surface area contributed by atoms with Crippen LogP contribution in [0.5, 0.6) is 5.75 Å². The van der Waals surface area contributed by atoms with Crippen molar-refractivity contribution in [2.45, 2.75) is 20.5 Å². The number of carboxylic acid groups (broad SMARTS) is 1. The molecular formula is C25H23NO6S. The summed E-state index contributed by atoms with van der Waals surface area (Å²) in [5.74, 6) is -1.32. The fourth-order valence-electron chi connectivity index (χ4n) is 3.73. The van der Waals surface area contributed by atoms with E-state index in [1.54, 1.807) is 24.3 Å². The van der Waals surface area contributed by atoms with E-state index in [0.29, 0.717) is 35.6 Å². The molecule has 33 heavy (non-hydrogen) atoms. The number of carbonyl (C=O) groups excluding carboxylic acids is 2. The average molecular weight is 466 g/mol. The second-order valence-corrected chi connectivity index (χ2v) is 8.90. The Morgan fingerprint density at radius 2 is 1.85 bits per heavy atom. The average Bonchev–Trinajstić information content (AvgIpc) is 3.30. The van der Waals surface area contributed by atoms with Gasteiger partial charge in [0.25, 0.3) is 5.91 Å². The van der Waals surface area contributed by atoms with Crippen molar-refractivity contribution in [3.8, 4) is 28.0 Å². The predicted octanol–water partition coefficient (Wildman–Crippen LogP) is 4.85. The fourth-order valence-corrected chi connectivity index (χ4v) is 4.58. The molecule has 0 saturated carbocycles. The van der Waals surface area contributed by atoms with Gasteiger partial charge >= 0.3 is 11.9 Å². The molecule has 3 aromatic rings. The van der Waals surface area contributed by atoms with E-state index < -0.39 is 11.9 Å². The van der Waals surface area contributed by atoms with Gasteiger partial charge in [-0.25, -0.2) is 9.59 Å². The molecule has 0 atom stereocenters. The van der Waals surface area contributed by atoms with Crippen molar-refractivity contribution >= 4 is 29.2 Å². The number of amides is 1. The van der Waals surface area contributed by atoms with Gasteiger partial charge in [-0.3, -0.25) is 4.79 Å². The number of hydrogen-bond donors (Lipinski definition) is 2. The third-order valence-electron chi connectivity index (χ3n) is 5.41. The van der Waals surface area contributed by atoms with Crippen molar-refractivity contribution in [1.82, 2.24) is 5.32 Å². The van der Waals surface area contributed by atoms with Crippen molar-refractivity contribution in [2.75, 3.05) is 13.7 Å². The third kappa shape index (κ3) is 4.34. The first-order chi connectivity index (χ1) is 15.8. The maximum atomic E-state index is 12.6. The summed E-state index contributed by atoms with van der Waals surface area (Å²) < 4.78 is 10.8. The van der Waals surface area contributed by atoms with E-state index in [-0.39, 0.29) is 28.5 Å². The maximum absolute atomic E-state index is 12.6. The first-order valence-corrected chi connectivity index (χ1v) is 11.3. The quantitative estimate of drug-likeness (QED) is 0.505. The minimum atomic E-state index is -1.13. The van der Waals surface area contributed by atoms with Gasteiger partial charge in [-0.1, -0.05) is 19.9 Å². The number of nitrogens with one attached hydrogen (secondary N) is 1.